The average Bonchev–Trinajstić information content (AvgIpc) is 3.57. The Balaban J connectivity index is 1.48. The number of Topliss-reactive ketones (excluding diaryl/α,β-unsaturated/α-hetero) is 1. The molecule has 240 valence electrons. The highest BCUT2D eigenvalue weighted by Crippen LogP contribution is 2.38. The van der Waals surface area contributed by atoms with E-state index < -0.39 is 46.7 Å². The number of halogens is 3. The topological polar surface area (TPSA) is 112 Å². The third-order valence-electron chi connectivity index (χ3n) is 8.55. The number of carbonyl (C=O) groups excluding carboxylic acids is 4. The van der Waals surface area contributed by atoms with Gasteiger partial charge in [-0.2, -0.15) is 8.78 Å². The number of thiazole rings is 1. The van der Waals surface area contributed by atoms with Crippen molar-refractivity contribution in [1.29, 1.82) is 0 Å². The normalized spacial score (nSPS) is 18.0. The van der Waals surface area contributed by atoms with Crippen molar-refractivity contribution < 1.29 is 32.3 Å². The maximum atomic E-state index is 15.3. The Morgan fingerprint density at radius 3 is 2.41 bits per heavy atom. The molecule has 3 amide bonds. The number of piperazine rings is 1. The molecule has 2 aliphatic rings. The Kier molecular flexibility index (Phi) is 11.5. The number of hydrogen-bond donors (Lipinski definition) is 2. The van der Waals surface area contributed by atoms with Crippen LogP contribution in [0.15, 0.2) is 29.9 Å². The van der Waals surface area contributed by atoms with Crippen molar-refractivity contribution in [1.82, 2.24) is 20.1 Å². The zero-order valence-electron chi connectivity index (χ0n) is 25.1. The van der Waals surface area contributed by atoms with Crippen molar-refractivity contribution >= 4 is 40.5 Å². The number of nitrogens with zero attached hydrogens (tertiary/aromatic N) is 3. The van der Waals surface area contributed by atoms with Crippen LogP contribution >= 0.6 is 11.3 Å². The van der Waals surface area contributed by atoms with Crippen molar-refractivity contribution in [2.24, 2.45) is 11.8 Å². The van der Waals surface area contributed by atoms with Gasteiger partial charge in [0.15, 0.2) is 0 Å². The van der Waals surface area contributed by atoms with E-state index in [9.17, 15) is 28.0 Å². The summed E-state index contributed by atoms with van der Waals surface area (Å²) in [5.41, 5.74) is 1.50. The van der Waals surface area contributed by atoms with Crippen molar-refractivity contribution in [3.05, 3.63) is 46.2 Å². The van der Waals surface area contributed by atoms with E-state index in [0.717, 1.165) is 25.5 Å². The Hall–Kier alpha value is -3.32. The molecule has 4 rings (SSSR count). The Morgan fingerprint density at radius 1 is 1.09 bits per heavy atom. The van der Waals surface area contributed by atoms with Crippen LogP contribution in [0.5, 0.6) is 0 Å². The zero-order chi connectivity index (χ0) is 31.9. The van der Waals surface area contributed by atoms with Crippen LogP contribution in [0.4, 0.5) is 18.9 Å². The first kappa shape index (κ1) is 33.6. The van der Waals surface area contributed by atoms with Crippen LogP contribution in [-0.4, -0.2) is 77.6 Å². The fraction of sp³-hybridized carbons (Fsp3) is 0.581. The van der Waals surface area contributed by atoms with Gasteiger partial charge in [0, 0.05) is 57.6 Å². The molecule has 1 aliphatic carbocycles. The fourth-order valence-electron chi connectivity index (χ4n) is 5.84. The molecular weight excluding hydrogens is 595 g/mol. The third-order valence-corrected chi connectivity index (χ3v) is 9.40. The summed E-state index contributed by atoms with van der Waals surface area (Å²) >= 11 is 0.672. The summed E-state index contributed by atoms with van der Waals surface area (Å²) in [5, 5.41) is 5.28. The largest absolute Gasteiger partial charge is 0.344 e. The molecule has 2 atom stereocenters. The van der Waals surface area contributed by atoms with E-state index in [0.29, 0.717) is 55.9 Å². The van der Waals surface area contributed by atoms with Crippen LogP contribution in [0, 0.1) is 17.7 Å². The van der Waals surface area contributed by atoms with Crippen LogP contribution in [0.1, 0.15) is 62.3 Å². The van der Waals surface area contributed by atoms with Crippen LogP contribution < -0.4 is 10.6 Å². The van der Waals surface area contributed by atoms with Gasteiger partial charge in [0.25, 0.3) is 0 Å². The standard InChI is InChI=1S/C31H40F3N5O4S/c1-3-28(41)36-25(30(43)39-13-11-38(2)12-14-39)16-20-9-10-24(23(32)15-20)37-29(42)22(21-7-5-4-6-8-21)17-26(40)31(33,34)27-18-35-19-44-27/h9-10,15,18-19,21-22,25H,3-8,11-14,16-17H2,1-2H3,(H,36,41)(H,37,42)/t22-,25+/m0/s1. The molecule has 2 heterocycles. The van der Waals surface area contributed by atoms with E-state index >= 15 is 4.39 Å². The summed E-state index contributed by atoms with van der Waals surface area (Å²) in [6, 6.07) is 3.22. The molecule has 2 N–H and O–H groups in total. The highest BCUT2D eigenvalue weighted by atomic mass is 32.1. The fourth-order valence-corrected chi connectivity index (χ4v) is 6.46. The van der Waals surface area contributed by atoms with Gasteiger partial charge in [0.2, 0.25) is 23.5 Å². The number of ketones is 1. The first-order valence-corrected chi connectivity index (χ1v) is 16.0. The van der Waals surface area contributed by atoms with Crippen LogP contribution in [-0.2, 0) is 31.5 Å². The van der Waals surface area contributed by atoms with E-state index in [1.165, 1.54) is 17.6 Å². The molecule has 0 radical (unpaired) electrons. The number of aromatic nitrogens is 1. The molecule has 0 bridgehead atoms. The van der Waals surface area contributed by atoms with Crippen LogP contribution in [0.25, 0.3) is 0 Å². The molecule has 0 unspecified atom stereocenters. The number of hydrogen-bond acceptors (Lipinski definition) is 7. The van der Waals surface area contributed by atoms with Crippen LogP contribution in [0.2, 0.25) is 0 Å². The Labute approximate surface area is 259 Å². The van der Waals surface area contributed by atoms with E-state index in [4.69, 9.17) is 0 Å². The molecule has 0 spiro atoms. The second-order valence-electron chi connectivity index (χ2n) is 11.7. The lowest BCUT2D eigenvalue weighted by Gasteiger charge is -2.34. The minimum absolute atomic E-state index is 0.0495. The van der Waals surface area contributed by atoms with Crippen molar-refractivity contribution in [2.45, 2.75) is 70.3 Å². The molecule has 1 aromatic heterocycles. The highest BCUT2D eigenvalue weighted by Gasteiger charge is 2.45. The van der Waals surface area contributed by atoms with Gasteiger partial charge < -0.3 is 20.4 Å². The van der Waals surface area contributed by atoms with Gasteiger partial charge in [-0.25, -0.2) is 4.39 Å². The second kappa shape index (κ2) is 15.1. The second-order valence-corrected chi connectivity index (χ2v) is 12.6. The van der Waals surface area contributed by atoms with Gasteiger partial charge in [0.1, 0.15) is 16.7 Å². The summed E-state index contributed by atoms with van der Waals surface area (Å²) < 4.78 is 45.1. The molecule has 44 heavy (non-hydrogen) atoms. The van der Waals surface area contributed by atoms with Gasteiger partial charge in [0.05, 0.1) is 11.2 Å². The number of nitrogens with one attached hydrogen (secondary N) is 2. The Bertz CT molecular complexity index is 1310. The van der Waals surface area contributed by atoms with Gasteiger partial charge in [-0.05, 0) is 43.5 Å². The maximum absolute atomic E-state index is 15.3. The number of carbonyl (C=O) groups is 4. The lowest BCUT2D eigenvalue weighted by atomic mass is 9.77. The summed E-state index contributed by atoms with van der Waals surface area (Å²) in [6.45, 7) is 4.14. The molecule has 1 saturated heterocycles. The molecule has 13 heteroatoms. The van der Waals surface area contributed by atoms with Crippen molar-refractivity contribution in [3.8, 4) is 0 Å². The number of alkyl halides is 2. The lowest BCUT2D eigenvalue weighted by molar-refractivity contribution is -0.147. The van der Waals surface area contributed by atoms with E-state index in [1.54, 1.807) is 17.9 Å². The quantitative estimate of drug-likeness (QED) is 0.358. The van der Waals surface area contributed by atoms with Gasteiger partial charge in [-0.3, -0.25) is 24.2 Å². The smallest absolute Gasteiger partial charge is 0.340 e. The van der Waals surface area contributed by atoms with Gasteiger partial charge >= 0.3 is 5.92 Å². The average molecular weight is 636 g/mol. The molecule has 1 saturated carbocycles. The molecule has 9 nitrogen and oxygen atoms in total. The van der Waals surface area contributed by atoms with E-state index in [2.05, 4.69) is 20.5 Å². The number of anilines is 1. The number of amides is 3. The zero-order valence-corrected chi connectivity index (χ0v) is 25.9. The minimum atomic E-state index is -3.77. The summed E-state index contributed by atoms with van der Waals surface area (Å²) in [4.78, 5) is 58.7. The lowest BCUT2D eigenvalue weighted by Crippen LogP contribution is -2.54. The predicted octanol–water partition coefficient (Wildman–Crippen LogP) is 4.38. The van der Waals surface area contributed by atoms with Crippen molar-refractivity contribution in [3.63, 3.8) is 0 Å². The van der Waals surface area contributed by atoms with Gasteiger partial charge in [-0.1, -0.05) is 32.3 Å². The summed E-state index contributed by atoms with van der Waals surface area (Å²) in [6.07, 6.45) is 4.35. The van der Waals surface area contributed by atoms with Crippen LogP contribution in [0.3, 0.4) is 0 Å². The molecule has 2 aromatic rings. The molecule has 2 fully saturated rings. The van der Waals surface area contributed by atoms with E-state index in [-0.39, 0.29) is 36.3 Å². The molecular formula is C31H40F3N5O4S. The Morgan fingerprint density at radius 2 is 1.80 bits per heavy atom. The number of benzene rings is 1. The number of rotatable bonds is 12. The summed E-state index contributed by atoms with van der Waals surface area (Å²) in [7, 11) is 1.97. The highest BCUT2D eigenvalue weighted by molar-refractivity contribution is 7.09. The molecule has 1 aromatic carbocycles. The first-order chi connectivity index (χ1) is 21.0. The van der Waals surface area contributed by atoms with E-state index in [1.807, 2.05) is 7.05 Å². The minimum Gasteiger partial charge on any atom is -0.344 e. The first-order valence-electron chi connectivity index (χ1n) is 15.2. The number of likely N-dealkylation sites (N-methyl/N-ethyl adjacent to an activating group) is 1. The van der Waals surface area contributed by atoms with Crippen molar-refractivity contribution in [2.75, 3.05) is 38.5 Å². The van der Waals surface area contributed by atoms with Gasteiger partial charge in [-0.15, -0.1) is 11.3 Å². The predicted molar refractivity (Wildman–Crippen MR) is 161 cm³/mol. The third kappa shape index (κ3) is 8.44. The monoisotopic (exact) mass is 635 g/mol. The summed E-state index contributed by atoms with van der Waals surface area (Å²) in [5.74, 6) is -8.46. The maximum Gasteiger partial charge on any atom is 0.340 e. The SMILES string of the molecule is CCC(=O)N[C@H](Cc1ccc(NC(=O)[C@@H](CC(=O)C(F)(F)c2cncs2)C2CCCCC2)c(F)c1)C(=O)N1CCN(C)CC1. The molecule has 1 aliphatic heterocycles.